The predicted octanol–water partition coefficient (Wildman–Crippen LogP) is 2.36. The molecule has 2 aromatic heterocycles. The molecule has 0 aromatic carbocycles. The Morgan fingerprint density at radius 1 is 1.19 bits per heavy atom. The van der Waals surface area contributed by atoms with Crippen molar-refractivity contribution in [3.8, 4) is 11.4 Å². The molecule has 0 bridgehead atoms. The number of H-pyrrole nitrogens is 1. The molecule has 0 atom stereocenters. The molecular formula is C12H14N4. The lowest BCUT2D eigenvalue weighted by atomic mass is 10.2. The summed E-state index contributed by atoms with van der Waals surface area (Å²) < 4.78 is 0. The van der Waals surface area contributed by atoms with Crippen molar-refractivity contribution in [3.63, 3.8) is 0 Å². The molecule has 0 unspecified atom stereocenters. The fraction of sp³-hybridized carbons (Fsp3) is 0.417. The summed E-state index contributed by atoms with van der Waals surface area (Å²) in [6.07, 6.45) is 2.47. The second-order valence-electron chi connectivity index (χ2n) is 4.40. The summed E-state index contributed by atoms with van der Waals surface area (Å²) in [5.41, 5.74) is 3.04. The summed E-state index contributed by atoms with van der Waals surface area (Å²) in [4.78, 5) is 8.95. The van der Waals surface area contributed by atoms with E-state index < -0.39 is 0 Å². The first-order chi connectivity index (χ1) is 7.74. The second kappa shape index (κ2) is 3.40. The molecule has 82 valence electrons. The highest BCUT2D eigenvalue weighted by Gasteiger charge is 2.27. The van der Waals surface area contributed by atoms with Crippen molar-refractivity contribution < 1.29 is 0 Å². The number of hydrogen-bond donors (Lipinski definition) is 1. The van der Waals surface area contributed by atoms with E-state index in [1.54, 1.807) is 0 Å². The SMILES string of the molecule is Cc1ccc(-c2n[nH]c(C3CC3)n2)c(C)n1. The van der Waals surface area contributed by atoms with Gasteiger partial charge in [0.1, 0.15) is 5.82 Å². The minimum Gasteiger partial charge on any atom is -0.262 e. The first-order valence-electron chi connectivity index (χ1n) is 5.61. The van der Waals surface area contributed by atoms with Crippen LogP contribution in [-0.2, 0) is 0 Å². The van der Waals surface area contributed by atoms with Gasteiger partial charge in [0.25, 0.3) is 0 Å². The summed E-state index contributed by atoms with van der Waals surface area (Å²) in [6, 6.07) is 4.03. The van der Waals surface area contributed by atoms with Gasteiger partial charge in [-0.05, 0) is 38.8 Å². The number of aromatic nitrogens is 4. The van der Waals surface area contributed by atoms with Crippen LogP contribution < -0.4 is 0 Å². The van der Waals surface area contributed by atoms with Gasteiger partial charge in [0.15, 0.2) is 5.82 Å². The molecule has 0 spiro atoms. The summed E-state index contributed by atoms with van der Waals surface area (Å²) in [7, 11) is 0. The summed E-state index contributed by atoms with van der Waals surface area (Å²) in [5.74, 6) is 2.40. The average molecular weight is 214 g/mol. The number of nitrogens with zero attached hydrogens (tertiary/aromatic N) is 3. The molecule has 16 heavy (non-hydrogen) atoms. The van der Waals surface area contributed by atoms with Crippen LogP contribution in [0.1, 0.15) is 36.0 Å². The lowest BCUT2D eigenvalue weighted by Crippen LogP contribution is -1.91. The van der Waals surface area contributed by atoms with Crippen LogP contribution in [0.2, 0.25) is 0 Å². The Hall–Kier alpha value is -1.71. The lowest BCUT2D eigenvalue weighted by Gasteiger charge is -2.00. The molecule has 3 rings (SSSR count). The van der Waals surface area contributed by atoms with Crippen molar-refractivity contribution in [2.75, 3.05) is 0 Å². The van der Waals surface area contributed by atoms with Crippen molar-refractivity contribution in [1.82, 2.24) is 20.2 Å². The lowest BCUT2D eigenvalue weighted by molar-refractivity contribution is 0.935. The number of pyridine rings is 1. The van der Waals surface area contributed by atoms with Gasteiger partial charge in [-0.1, -0.05) is 0 Å². The second-order valence-corrected chi connectivity index (χ2v) is 4.40. The molecule has 1 aliphatic rings. The molecule has 4 heteroatoms. The Morgan fingerprint density at radius 3 is 2.69 bits per heavy atom. The van der Waals surface area contributed by atoms with E-state index in [-0.39, 0.29) is 0 Å². The summed E-state index contributed by atoms with van der Waals surface area (Å²) in [6.45, 7) is 3.99. The van der Waals surface area contributed by atoms with Gasteiger partial charge in [-0.15, -0.1) is 0 Å². The van der Waals surface area contributed by atoms with Gasteiger partial charge in [-0.25, -0.2) is 4.98 Å². The highest BCUT2D eigenvalue weighted by Crippen LogP contribution is 2.38. The van der Waals surface area contributed by atoms with Crippen LogP contribution in [-0.4, -0.2) is 20.2 Å². The Balaban J connectivity index is 2.00. The first kappa shape index (κ1) is 9.51. The molecule has 1 aliphatic carbocycles. The van der Waals surface area contributed by atoms with Gasteiger partial charge in [0.05, 0.1) is 0 Å². The van der Waals surface area contributed by atoms with Crippen molar-refractivity contribution in [2.24, 2.45) is 0 Å². The van der Waals surface area contributed by atoms with Crippen LogP contribution in [0.5, 0.6) is 0 Å². The maximum Gasteiger partial charge on any atom is 0.182 e. The van der Waals surface area contributed by atoms with Gasteiger partial charge in [0, 0.05) is 22.9 Å². The molecule has 2 heterocycles. The van der Waals surface area contributed by atoms with Crippen molar-refractivity contribution in [2.45, 2.75) is 32.6 Å². The van der Waals surface area contributed by atoms with Crippen LogP contribution in [0.25, 0.3) is 11.4 Å². The van der Waals surface area contributed by atoms with Crippen LogP contribution >= 0.6 is 0 Å². The van der Waals surface area contributed by atoms with Gasteiger partial charge in [-0.3, -0.25) is 10.1 Å². The third-order valence-corrected chi connectivity index (χ3v) is 2.93. The topological polar surface area (TPSA) is 54.5 Å². The zero-order chi connectivity index (χ0) is 11.1. The van der Waals surface area contributed by atoms with Crippen molar-refractivity contribution >= 4 is 0 Å². The zero-order valence-corrected chi connectivity index (χ0v) is 9.49. The highest BCUT2D eigenvalue weighted by molar-refractivity contribution is 5.57. The van der Waals surface area contributed by atoms with E-state index in [9.17, 15) is 0 Å². The minimum atomic E-state index is 0.611. The Morgan fingerprint density at radius 2 is 2.00 bits per heavy atom. The maximum atomic E-state index is 4.53. The Labute approximate surface area is 94.1 Å². The summed E-state index contributed by atoms with van der Waals surface area (Å²) in [5, 5.41) is 7.28. The fourth-order valence-electron chi connectivity index (χ4n) is 1.86. The van der Waals surface area contributed by atoms with E-state index in [1.807, 2.05) is 26.0 Å². The predicted molar refractivity (Wildman–Crippen MR) is 61.1 cm³/mol. The molecule has 0 radical (unpaired) electrons. The number of hydrogen-bond acceptors (Lipinski definition) is 3. The monoisotopic (exact) mass is 214 g/mol. The van der Waals surface area contributed by atoms with Crippen LogP contribution in [0.15, 0.2) is 12.1 Å². The Kier molecular flexibility index (Phi) is 2.02. The van der Waals surface area contributed by atoms with Crippen LogP contribution in [0, 0.1) is 13.8 Å². The fourth-order valence-corrected chi connectivity index (χ4v) is 1.86. The molecule has 1 saturated carbocycles. The van der Waals surface area contributed by atoms with Crippen molar-refractivity contribution in [3.05, 3.63) is 29.3 Å². The number of aryl methyl sites for hydroxylation is 2. The smallest absolute Gasteiger partial charge is 0.182 e. The van der Waals surface area contributed by atoms with E-state index in [1.165, 1.54) is 12.8 Å². The molecule has 4 nitrogen and oxygen atoms in total. The average Bonchev–Trinajstić information content (AvgIpc) is 2.98. The molecule has 0 amide bonds. The number of rotatable bonds is 2. The third kappa shape index (κ3) is 1.60. The van der Waals surface area contributed by atoms with Gasteiger partial charge >= 0.3 is 0 Å². The number of aromatic amines is 1. The largest absolute Gasteiger partial charge is 0.262 e. The summed E-state index contributed by atoms with van der Waals surface area (Å²) >= 11 is 0. The first-order valence-corrected chi connectivity index (χ1v) is 5.61. The van der Waals surface area contributed by atoms with Gasteiger partial charge < -0.3 is 0 Å². The van der Waals surface area contributed by atoms with Crippen LogP contribution in [0.4, 0.5) is 0 Å². The van der Waals surface area contributed by atoms with E-state index in [2.05, 4.69) is 20.2 Å². The maximum absolute atomic E-state index is 4.53. The molecule has 0 saturated heterocycles. The molecule has 1 N–H and O–H groups in total. The molecule has 2 aromatic rings. The molecule has 1 fully saturated rings. The van der Waals surface area contributed by atoms with E-state index in [0.29, 0.717) is 5.92 Å². The third-order valence-electron chi connectivity index (χ3n) is 2.93. The molecular weight excluding hydrogens is 200 g/mol. The van der Waals surface area contributed by atoms with Gasteiger partial charge in [-0.2, -0.15) is 5.10 Å². The van der Waals surface area contributed by atoms with Gasteiger partial charge in [0.2, 0.25) is 0 Å². The zero-order valence-electron chi connectivity index (χ0n) is 9.49. The van der Waals surface area contributed by atoms with E-state index in [0.717, 1.165) is 28.6 Å². The standard InChI is InChI=1S/C12H14N4/c1-7-3-6-10(8(2)13-7)12-14-11(15-16-12)9-4-5-9/h3,6,9H,4-5H2,1-2H3,(H,14,15,16). The van der Waals surface area contributed by atoms with E-state index >= 15 is 0 Å². The van der Waals surface area contributed by atoms with E-state index in [4.69, 9.17) is 0 Å². The Bertz CT molecular complexity index is 526. The normalized spacial score (nSPS) is 15.4. The van der Waals surface area contributed by atoms with Crippen molar-refractivity contribution in [1.29, 1.82) is 0 Å². The number of nitrogens with one attached hydrogen (secondary N) is 1. The highest BCUT2D eigenvalue weighted by atomic mass is 15.2. The quantitative estimate of drug-likeness (QED) is 0.834. The van der Waals surface area contributed by atoms with Crippen LogP contribution in [0.3, 0.4) is 0 Å². The molecule has 0 aliphatic heterocycles. The minimum absolute atomic E-state index is 0.611.